The monoisotopic (exact) mass is 725 g/mol. The van der Waals surface area contributed by atoms with E-state index in [1.54, 1.807) is 0 Å². The molecule has 50 heavy (non-hydrogen) atoms. The number of phosphoric ester groups is 1. The van der Waals surface area contributed by atoms with Crippen LogP contribution >= 0.6 is 7.82 Å². The van der Waals surface area contributed by atoms with Crippen molar-refractivity contribution in [1.29, 1.82) is 0 Å². The third kappa shape index (κ3) is 38.8. The van der Waals surface area contributed by atoms with E-state index in [0.717, 1.165) is 70.6 Å². The van der Waals surface area contributed by atoms with Gasteiger partial charge in [0.05, 0.1) is 6.61 Å². The molecule has 2 N–H and O–H groups in total. The molecule has 0 unspecified atom stereocenters. The summed E-state index contributed by atoms with van der Waals surface area (Å²) in [5.41, 5.74) is 0. The fourth-order valence-electron chi connectivity index (χ4n) is 5.31. The van der Waals surface area contributed by atoms with Gasteiger partial charge in [-0.1, -0.05) is 140 Å². The maximum absolute atomic E-state index is 12.4. The molecule has 0 amide bonds. The maximum atomic E-state index is 12.4. The van der Waals surface area contributed by atoms with E-state index in [9.17, 15) is 14.2 Å². The Kier molecular flexibility index (Phi) is 35.3. The normalized spacial score (nSPS) is 13.0. The summed E-state index contributed by atoms with van der Waals surface area (Å²) in [7, 11) is -4.76. The van der Waals surface area contributed by atoms with Crippen molar-refractivity contribution < 1.29 is 37.9 Å². The molecule has 0 rings (SSSR count). The highest BCUT2D eigenvalue weighted by molar-refractivity contribution is 7.46. The molecule has 0 saturated carbocycles. The van der Waals surface area contributed by atoms with Crippen LogP contribution < -0.4 is 0 Å². The van der Waals surface area contributed by atoms with E-state index in [-0.39, 0.29) is 19.4 Å². The van der Waals surface area contributed by atoms with Crippen molar-refractivity contribution in [3.63, 3.8) is 0 Å². The topological polar surface area (TPSA) is 119 Å². The number of rotatable bonds is 36. The van der Waals surface area contributed by atoms with Crippen LogP contribution in [0.2, 0.25) is 0 Å². The number of carbonyl (C=O) groups is 2. The highest BCUT2D eigenvalue weighted by Gasteiger charge is 2.22. The Morgan fingerprint density at radius 3 is 1.40 bits per heavy atom. The van der Waals surface area contributed by atoms with Crippen LogP contribution in [0.5, 0.6) is 0 Å². The molecule has 0 saturated heterocycles. The first-order valence-corrected chi connectivity index (χ1v) is 21.5. The third-order valence-electron chi connectivity index (χ3n) is 8.32. The molecule has 290 valence electrons. The van der Waals surface area contributed by atoms with Crippen LogP contribution in [0.4, 0.5) is 0 Å². The first kappa shape index (κ1) is 48.0. The van der Waals surface area contributed by atoms with Crippen molar-refractivity contribution in [1.82, 2.24) is 0 Å². The summed E-state index contributed by atoms with van der Waals surface area (Å²) < 4.78 is 26.3. The van der Waals surface area contributed by atoms with Gasteiger partial charge >= 0.3 is 19.8 Å². The van der Waals surface area contributed by atoms with Crippen LogP contribution in [0, 0.1) is 0 Å². The summed E-state index contributed by atoms with van der Waals surface area (Å²) in [5.74, 6) is -0.921. The quantitative estimate of drug-likeness (QED) is 0.0284. The summed E-state index contributed by atoms with van der Waals surface area (Å²) in [4.78, 5) is 42.8. The zero-order valence-electron chi connectivity index (χ0n) is 31.8. The molecule has 0 fully saturated rings. The molecule has 0 aliphatic carbocycles. The smallest absolute Gasteiger partial charge is 0.462 e. The summed E-state index contributed by atoms with van der Waals surface area (Å²) in [5, 5.41) is 0. The van der Waals surface area contributed by atoms with Gasteiger partial charge in [-0.05, 0) is 77.0 Å². The lowest BCUT2D eigenvalue weighted by atomic mass is 10.1. The average Bonchev–Trinajstić information content (AvgIpc) is 3.08. The molecule has 0 radical (unpaired) electrons. The fourth-order valence-corrected chi connectivity index (χ4v) is 5.67. The van der Waals surface area contributed by atoms with Crippen LogP contribution in [0.15, 0.2) is 48.6 Å². The molecule has 9 heteroatoms. The minimum atomic E-state index is -4.76. The Morgan fingerprint density at radius 2 is 0.900 bits per heavy atom. The maximum Gasteiger partial charge on any atom is 0.469 e. The third-order valence-corrected chi connectivity index (χ3v) is 8.81. The molecular formula is C41H73O8P. The molecule has 0 aliphatic heterocycles. The molecule has 0 aromatic carbocycles. The number of ether oxygens (including phenoxy) is 2. The van der Waals surface area contributed by atoms with Crippen molar-refractivity contribution >= 4 is 19.8 Å². The van der Waals surface area contributed by atoms with E-state index in [2.05, 4.69) is 67.0 Å². The Morgan fingerprint density at radius 1 is 0.520 bits per heavy atom. The Labute approximate surface area is 305 Å². The van der Waals surface area contributed by atoms with Crippen molar-refractivity contribution in [3.8, 4) is 0 Å². The van der Waals surface area contributed by atoms with Gasteiger partial charge in [-0.25, -0.2) is 4.57 Å². The average molecular weight is 725 g/mol. The van der Waals surface area contributed by atoms with Crippen molar-refractivity contribution in [2.45, 2.75) is 187 Å². The second-order valence-corrected chi connectivity index (χ2v) is 14.5. The highest BCUT2D eigenvalue weighted by Crippen LogP contribution is 2.36. The SMILES string of the molecule is CCCCC/C=C/C/C=C/C/C=C/CCCCCCC(=O)OC[C@H](COP(=O)(O)O)OC(=O)CCCCCCC/C=C/CCCCCCCC. The Hall–Kier alpha value is -1.99. The van der Waals surface area contributed by atoms with E-state index in [4.69, 9.17) is 19.3 Å². The summed E-state index contributed by atoms with van der Waals surface area (Å²) in [6.07, 6.45) is 44.0. The molecule has 8 nitrogen and oxygen atoms in total. The van der Waals surface area contributed by atoms with Gasteiger partial charge in [-0.15, -0.1) is 0 Å². The minimum absolute atomic E-state index is 0.196. The Bertz CT molecular complexity index is 952. The first-order chi connectivity index (χ1) is 24.3. The van der Waals surface area contributed by atoms with Gasteiger partial charge in [0.1, 0.15) is 6.61 Å². The number of esters is 2. The number of carbonyl (C=O) groups excluding carboxylic acids is 2. The standard InChI is InChI=1S/C41H73O8P/c1-3-5-7-9-11-13-15-17-19-20-22-23-25-27-29-31-33-35-40(42)47-37-39(38-48-50(44,45)46)49-41(43)36-34-32-30-28-26-24-21-18-16-14-12-10-8-6-4-2/h11,13,17-19,21-23,39H,3-10,12,14-16,20,24-38H2,1-2H3,(H2,44,45,46)/b13-11+,19-17+,21-18+,23-22+/t39-/m1/s1. The van der Waals surface area contributed by atoms with Crippen molar-refractivity contribution in [2.24, 2.45) is 0 Å². The number of allylic oxidation sites excluding steroid dienone is 8. The van der Waals surface area contributed by atoms with Gasteiger partial charge in [-0.3, -0.25) is 14.1 Å². The Balaban J connectivity index is 4.01. The molecular weight excluding hydrogens is 651 g/mol. The minimum Gasteiger partial charge on any atom is -0.462 e. The number of phosphoric acid groups is 1. The van der Waals surface area contributed by atoms with Crippen LogP contribution in [0.25, 0.3) is 0 Å². The second kappa shape index (κ2) is 36.8. The van der Waals surface area contributed by atoms with E-state index >= 15 is 0 Å². The van der Waals surface area contributed by atoms with E-state index in [1.807, 2.05) is 0 Å². The van der Waals surface area contributed by atoms with Gasteiger partial charge in [0.2, 0.25) is 0 Å². The molecule has 0 aliphatic rings. The van der Waals surface area contributed by atoms with E-state index in [1.165, 1.54) is 70.6 Å². The van der Waals surface area contributed by atoms with Gasteiger partial charge in [0, 0.05) is 12.8 Å². The summed E-state index contributed by atoms with van der Waals surface area (Å²) in [6.45, 7) is 3.62. The molecule has 0 aromatic rings. The first-order valence-electron chi connectivity index (χ1n) is 19.9. The molecule has 0 bridgehead atoms. The van der Waals surface area contributed by atoms with Gasteiger partial charge in [-0.2, -0.15) is 0 Å². The largest absolute Gasteiger partial charge is 0.469 e. The second-order valence-electron chi connectivity index (χ2n) is 13.2. The van der Waals surface area contributed by atoms with Crippen LogP contribution in [0.3, 0.4) is 0 Å². The molecule has 0 spiro atoms. The molecule has 0 heterocycles. The zero-order chi connectivity index (χ0) is 36.8. The lowest BCUT2D eigenvalue weighted by molar-refractivity contribution is -0.161. The van der Waals surface area contributed by atoms with E-state index in [0.29, 0.717) is 12.8 Å². The summed E-state index contributed by atoms with van der Waals surface area (Å²) >= 11 is 0. The summed E-state index contributed by atoms with van der Waals surface area (Å²) in [6, 6.07) is 0. The van der Waals surface area contributed by atoms with Crippen molar-refractivity contribution in [3.05, 3.63) is 48.6 Å². The number of unbranched alkanes of at least 4 members (excludes halogenated alkanes) is 18. The van der Waals surface area contributed by atoms with E-state index < -0.39 is 32.5 Å². The van der Waals surface area contributed by atoms with Crippen LogP contribution in [-0.2, 0) is 28.2 Å². The van der Waals surface area contributed by atoms with Gasteiger partial charge in [0.15, 0.2) is 6.10 Å². The van der Waals surface area contributed by atoms with Gasteiger partial charge in [0.25, 0.3) is 0 Å². The lowest BCUT2D eigenvalue weighted by Crippen LogP contribution is -2.29. The molecule has 0 aromatic heterocycles. The fraction of sp³-hybridized carbons (Fsp3) is 0.756. The van der Waals surface area contributed by atoms with Crippen LogP contribution in [-0.4, -0.2) is 41.0 Å². The number of hydrogen-bond donors (Lipinski definition) is 2. The van der Waals surface area contributed by atoms with Crippen LogP contribution in [0.1, 0.15) is 181 Å². The predicted molar refractivity (Wildman–Crippen MR) is 207 cm³/mol. The highest BCUT2D eigenvalue weighted by atomic mass is 31.2. The molecule has 1 atom stereocenters. The van der Waals surface area contributed by atoms with Crippen molar-refractivity contribution in [2.75, 3.05) is 13.2 Å². The number of hydrogen-bond acceptors (Lipinski definition) is 6. The predicted octanol–water partition coefficient (Wildman–Crippen LogP) is 12.0. The van der Waals surface area contributed by atoms with Gasteiger partial charge < -0.3 is 19.3 Å². The zero-order valence-corrected chi connectivity index (χ0v) is 32.7. The lowest BCUT2D eigenvalue weighted by Gasteiger charge is -2.18.